The zero-order valence-corrected chi connectivity index (χ0v) is 13.8. The standard InChI is InChI=1S/C19H20N2O3/c1-12-5-6-13(2)15(10-12)17-4-3-9-21(17)18(22)14-7-8-20-16(11-14)19(23)24/h5-8,10-11,17H,3-4,9H2,1-2H3,(H,23,24). The molecule has 3 rings (SSSR count). The Hall–Kier alpha value is -2.69. The second-order valence-electron chi connectivity index (χ2n) is 6.25. The normalized spacial score (nSPS) is 17.1. The molecule has 1 fully saturated rings. The van der Waals surface area contributed by atoms with Crippen molar-refractivity contribution in [2.45, 2.75) is 32.7 Å². The van der Waals surface area contributed by atoms with Gasteiger partial charge in [0.1, 0.15) is 5.69 Å². The van der Waals surface area contributed by atoms with Crippen molar-refractivity contribution >= 4 is 11.9 Å². The van der Waals surface area contributed by atoms with Gasteiger partial charge in [-0.1, -0.05) is 23.8 Å². The third-order valence-electron chi connectivity index (χ3n) is 4.53. The van der Waals surface area contributed by atoms with Gasteiger partial charge < -0.3 is 10.0 Å². The monoisotopic (exact) mass is 324 g/mol. The number of pyridine rings is 1. The lowest BCUT2D eigenvalue weighted by atomic mass is 9.97. The van der Waals surface area contributed by atoms with Crippen LogP contribution < -0.4 is 0 Å². The van der Waals surface area contributed by atoms with Gasteiger partial charge in [0, 0.05) is 18.3 Å². The SMILES string of the molecule is Cc1ccc(C)c(C2CCCN2C(=O)c2ccnc(C(=O)O)c2)c1. The highest BCUT2D eigenvalue weighted by molar-refractivity contribution is 5.97. The van der Waals surface area contributed by atoms with E-state index in [9.17, 15) is 9.59 Å². The van der Waals surface area contributed by atoms with Crippen LogP contribution in [-0.4, -0.2) is 33.4 Å². The molecule has 5 heteroatoms. The van der Waals surface area contributed by atoms with E-state index in [-0.39, 0.29) is 17.6 Å². The van der Waals surface area contributed by atoms with Gasteiger partial charge in [0.05, 0.1) is 6.04 Å². The summed E-state index contributed by atoms with van der Waals surface area (Å²) in [5.41, 5.74) is 3.79. The number of likely N-dealkylation sites (tertiary alicyclic amines) is 1. The van der Waals surface area contributed by atoms with Crippen molar-refractivity contribution in [2.75, 3.05) is 6.54 Å². The predicted molar refractivity (Wildman–Crippen MR) is 90.1 cm³/mol. The van der Waals surface area contributed by atoms with E-state index in [0.717, 1.165) is 12.8 Å². The fourth-order valence-corrected chi connectivity index (χ4v) is 3.30. The highest BCUT2D eigenvalue weighted by atomic mass is 16.4. The van der Waals surface area contributed by atoms with E-state index in [0.29, 0.717) is 12.1 Å². The summed E-state index contributed by atoms with van der Waals surface area (Å²) in [6, 6.07) is 9.26. The summed E-state index contributed by atoms with van der Waals surface area (Å²) in [7, 11) is 0. The minimum atomic E-state index is -1.13. The maximum atomic E-state index is 12.9. The molecule has 1 aromatic carbocycles. The number of aromatic nitrogens is 1. The number of aromatic carboxylic acids is 1. The van der Waals surface area contributed by atoms with E-state index in [4.69, 9.17) is 5.11 Å². The summed E-state index contributed by atoms with van der Waals surface area (Å²) in [6.07, 6.45) is 3.24. The van der Waals surface area contributed by atoms with Crippen molar-refractivity contribution in [1.29, 1.82) is 0 Å². The lowest BCUT2D eigenvalue weighted by Crippen LogP contribution is -2.31. The molecule has 0 saturated carbocycles. The molecule has 1 saturated heterocycles. The quantitative estimate of drug-likeness (QED) is 0.939. The molecule has 5 nitrogen and oxygen atoms in total. The number of aryl methyl sites for hydroxylation is 2. The predicted octanol–water partition coefficient (Wildman–Crippen LogP) is 3.37. The fraction of sp³-hybridized carbons (Fsp3) is 0.316. The maximum Gasteiger partial charge on any atom is 0.354 e. The second kappa shape index (κ2) is 6.43. The van der Waals surface area contributed by atoms with Gasteiger partial charge in [-0.15, -0.1) is 0 Å². The molecule has 2 heterocycles. The number of carboxylic acids is 1. The van der Waals surface area contributed by atoms with E-state index >= 15 is 0 Å². The molecule has 0 radical (unpaired) electrons. The molecule has 0 aliphatic carbocycles. The van der Waals surface area contributed by atoms with Gasteiger partial charge >= 0.3 is 5.97 Å². The van der Waals surface area contributed by atoms with Gasteiger partial charge in [0.15, 0.2) is 0 Å². The smallest absolute Gasteiger partial charge is 0.354 e. The Morgan fingerprint density at radius 3 is 2.75 bits per heavy atom. The molecule has 1 atom stereocenters. The summed E-state index contributed by atoms with van der Waals surface area (Å²) >= 11 is 0. The molecule has 1 aromatic heterocycles. The number of carbonyl (C=O) groups is 2. The van der Waals surface area contributed by atoms with Crippen LogP contribution in [0.3, 0.4) is 0 Å². The first-order valence-electron chi connectivity index (χ1n) is 8.05. The summed E-state index contributed by atoms with van der Waals surface area (Å²) < 4.78 is 0. The molecular weight excluding hydrogens is 304 g/mol. The van der Waals surface area contributed by atoms with Crippen LogP contribution >= 0.6 is 0 Å². The van der Waals surface area contributed by atoms with Crippen LogP contribution in [0.2, 0.25) is 0 Å². The first kappa shape index (κ1) is 16.2. The van der Waals surface area contributed by atoms with Gasteiger partial charge in [-0.05, 0) is 49.9 Å². The number of carbonyl (C=O) groups excluding carboxylic acids is 1. The first-order valence-corrected chi connectivity index (χ1v) is 8.05. The molecule has 1 amide bonds. The molecule has 1 unspecified atom stereocenters. The summed E-state index contributed by atoms with van der Waals surface area (Å²) in [4.78, 5) is 29.6. The lowest BCUT2D eigenvalue weighted by Gasteiger charge is -2.27. The third kappa shape index (κ3) is 3.02. The Bertz CT molecular complexity index is 801. The van der Waals surface area contributed by atoms with Crippen molar-refractivity contribution in [1.82, 2.24) is 9.88 Å². The van der Waals surface area contributed by atoms with Crippen LogP contribution in [0, 0.1) is 13.8 Å². The van der Waals surface area contributed by atoms with Crippen LogP contribution in [0.25, 0.3) is 0 Å². The second-order valence-corrected chi connectivity index (χ2v) is 6.25. The number of nitrogens with zero attached hydrogens (tertiary/aromatic N) is 2. The summed E-state index contributed by atoms with van der Waals surface area (Å²) in [5.74, 6) is -1.26. The third-order valence-corrected chi connectivity index (χ3v) is 4.53. The molecule has 1 aliphatic rings. The van der Waals surface area contributed by atoms with Crippen LogP contribution in [0.1, 0.15) is 56.4 Å². The zero-order chi connectivity index (χ0) is 17.3. The van der Waals surface area contributed by atoms with E-state index in [1.807, 2.05) is 11.8 Å². The van der Waals surface area contributed by atoms with Crippen LogP contribution in [0.4, 0.5) is 0 Å². The van der Waals surface area contributed by atoms with Crippen molar-refractivity contribution in [3.05, 3.63) is 64.5 Å². The maximum absolute atomic E-state index is 12.9. The highest BCUT2D eigenvalue weighted by Gasteiger charge is 2.31. The molecule has 2 aromatic rings. The van der Waals surface area contributed by atoms with Crippen molar-refractivity contribution in [3.8, 4) is 0 Å². The van der Waals surface area contributed by atoms with E-state index in [2.05, 4.69) is 30.1 Å². The Balaban J connectivity index is 1.93. The minimum absolute atomic E-state index is 0.0406. The van der Waals surface area contributed by atoms with Gasteiger partial charge in [0.2, 0.25) is 0 Å². The number of hydrogen-bond acceptors (Lipinski definition) is 3. The largest absolute Gasteiger partial charge is 0.477 e. The number of rotatable bonds is 3. The van der Waals surface area contributed by atoms with Crippen LogP contribution in [0.5, 0.6) is 0 Å². The van der Waals surface area contributed by atoms with Gasteiger partial charge in [-0.25, -0.2) is 9.78 Å². The Kier molecular flexibility index (Phi) is 4.34. The molecule has 0 spiro atoms. The summed E-state index contributed by atoms with van der Waals surface area (Å²) in [6.45, 7) is 4.79. The molecular formula is C19H20N2O3. The molecule has 24 heavy (non-hydrogen) atoms. The van der Waals surface area contributed by atoms with E-state index < -0.39 is 5.97 Å². The average Bonchev–Trinajstić information content (AvgIpc) is 3.05. The molecule has 1 N–H and O–H groups in total. The average molecular weight is 324 g/mol. The van der Waals surface area contributed by atoms with Crippen LogP contribution in [-0.2, 0) is 0 Å². The van der Waals surface area contributed by atoms with Gasteiger partial charge in [0.25, 0.3) is 5.91 Å². The van der Waals surface area contributed by atoms with Crippen molar-refractivity contribution in [2.24, 2.45) is 0 Å². The fourth-order valence-electron chi connectivity index (χ4n) is 3.30. The van der Waals surface area contributed by atoms with Crippen molar-refractivity contribution in [3.63, 3.8) is 0 Å². The zero-order valence-electron chi connectivity index (χ0n) is 13.8. The topological polar surface area (TPSA) is 70.5 Å². The van der Waals surface area contributed by atoms with E-state index in [1.165, 1.54) is 29.0 Å². The van der Waals surface area contributed by atoms with E-state index in [1.54, 1.807) is 6.07 Å². The number of amides is 1. The Labute approximate surface area is 140 Å². The van der Waals surface area contributed by atoms with Gasteiger partial charge in [-0.3, -0.25) is 4.79 Å². The highest BCUT2D eigenvalue weighted by Crippen LogP contribution is 2.35. The molecule has 124 valence electrons. The number of hydrogen-bond donors (Lipinski definition) is 1. The molecule has 1 aliphatic heterocycles. The first-order chi connectivity index (χ1) is 11.5. The van der Waals surface area contributed by atoms with Crippen LogP contribution in [0.15, 0.2) is 36.5 Å². The van der Waals surface area contributed by atoms with Gasteiger partial charge in [-0.2, -0.15) is 0 Å². The Morgan fingerprint density at radius 1 is 1.21 bits per heavy atom. The number of carboxylic acid groups (broad SMARTS) is 1. The molecule has 0 bridgehead atoms. The Morgan fingerprint density at radius 2 is 2.00 bits per heavy atom. The summed E-state index contributed by atoms with van der Waals surface area (Å²) in [5, 5.41) is 9.07. The number of benzene rings is 1. The minimum Gasteiger partial charge on any atom is -0.477 e. The van der Waals surface area contributed by atoms with Crippen molar-refractivity contribution < 1.29 is 14.7 Å². The lowest BCUT2D eigenvalue weighted by molar-refractivity contribution is 0.0690.